The first kappa shape index (κ1) is 28.5. The average Bonchev–Trinajstić information content (AvgIpc) is 3.60. The molecule has 230 valence electrons. The smallest absolute Gasteiger partial charge is 0.164 e. The summed E-state index contributed by atoms with van der Waals surface area (Å²) in [5.74, 6) is 1.88. The van der Waals surface area contributed by atoms with Gasteiger partial charge in [0.05, 0.1) is 11.2 Å². The molecule has 5 nitrogen and oxygen atoms in total. The highest BCUT2D eigenvalue weighted by atomic mass is 15.2. The molecular formula is C44H29N5. The van der Waals surface area contributed by atoms with Crippen molar-refractivity contribution in [3.05, 3.63) is 176 Å². The maximum atomic E-state index is 5.37. The molecule has 0 aliphatic rings. The number of hydrogen-bond acceptors (Lipinski definition) is 4. The van der Waals surface area contributed by atoms with Gasteiger partial charge in [-0.25, -0.2) is 19.5 Å². The lowest BCUT2D eigenvalue weighted by molar-refractivity contribution is 0.979. The normalized spacial score (nSPS) is 11.3. The summed E-state index contributed by atoms with van der Waals surface area (Å²) in [6.07, 6.45) is 0. The minimum Gasteiger partial charge on any atom is -0.231 e. The van der Waals surface area contributed by atoms with Gasteiger partial charge in [-0.15, -0.1) is 0 Å². The second kappa shape index (κ2) is 12.1. The lowest BCUT2D eigenvalue weighted by Crippen LogP contribution is -2.00. The van der Waals surface area contributed by atoms with Crippen molar-refractivity contribution in [3.63, 3.8) is 0 Å². The molecule has 9 rings (SSSR count). The van der Waals surface area contributed by atoms with Crippen molar-refractivity contribution >= 4 is 16.3 Å². The van der Waals surface area contributed by atoms with Crippen molar-refractivity contribution < 1.29 is 0 Å². The molecule has 0 saturated heterocycles. The van der Waals surface area contributed by atoms with Crippen LogP contribution in [-0.4, -0.2) is 24.6 Å². The number of pyridine rings is 1. The molecule has 0 amide bonds. The van der Waals surface area contributed by atoms with Crippen LogP contribution in [0.5, 0.6) is 0 Å². The highest BCUT2D eigenvalue weighted by molar-refractivity contribution is 6.09. The van der Waals surface area contributed by atoms with Gasteiger partial charge in [0.25, 0.3) is 0 Å². The molecule has 0 aliphatic carbocycles. The number of hydrogen-bond donors (Lipinski definition) is 0. The van der Waals surface area contributed by atoms with E-state index in [1.54, 1.807) is 0 Å². The molecule has 0 radical (unpaired) electrons. The van der Waals surface area contributed by atoms with Gasteiger partial charge < -0.3 is 0 Å². The molecule has 0 N–H and O–H groups in total. The van der Waals surface area contributed by atoms with Crippen LogP contribution in [0.4, 0.5) is 0 Å². The molecule has 0 bridgehead atoms. The van der Waals surface area contributed by atoms with Crippen molar-refractivity contribution in [2.24, 2.45) is 0 Å². The van der Waals surface area contributed by atoms with Gasteiger partial charge in [-0.05, 0) is 23.1 Å². The average molecular weight is 628 g/mol. The van der Waals surface area contributed by atoms with Gasteiger partial charge in [-0.2, -0.15) is 5.10 Å². The Morgan fingerprint density at radius 2 is 0.816 bits per heavy atom. The summed E-state index contributed by atoms with van der Waals surface area (Å²) in [5.41, 5.74) is 10.1. The predicted molar refractivity (Wildman–Crippen MR) is 199 cm³/mol. The third kappa shape index (κ3) is 5.24. The zero-order valence-corrected chi connectivity index (χ0v) is 26.5. The second-order valence-corrected chi connectivity index (χ2v) is 12.0. The molecule has 3 heterocycles. The quantitative estimate of drug-likeness (QED) is 0.184. The Morgan fingerprint density at radius 1 is 0.367 bits per heavy atom. The Labute approximate surface area is 283 Å². The van der Waals surface area contributed by atoms with Crippen molar-refractivity contribution in [2.75, 3.05) is 0 Å². The zero-order valence-electron chi connectivity index (χ0n) is 26.5. The van der Waals surface area contributed by atoms with E-state index < -0.39 is 0 Å². The first-order valence-electron chi connectivity index (χ1n) is 16.3. The number of rotatable bonds is 6. The monoisotopic (exact) mass is 627 g/mol. The SMILES string of the molecule is c1ccc(-c2nc(-c3ccccc3)nc(-c3ccc4cc(-c5ccccc5)n5nc(-c6ccccc6)c(-c6ccccc6)c5c4c3)n2)cc1. The molecule has 5 heteroatoms. The number of fused-ring (bicyclic) bond motifs is 3. The molecule has 0 saturated carbocycles. The van der Waals surface area contributed by atoms with Crippen LogP contribution in [0, 0.1) is 0 Å². The standard InChI is InChI=1S/C44H29N5/c1-6-16-30(17-7-1)38-29-35-26-27-36(44-46-42(33-22-12-4-13-23-33)45-43(47-44)34-24-14-5-15-25-34)28-37(35)41-39(31-18-8-2-9-19-31)40(48-49(38)41)32-20-10-3-11-21-32/h1-29H. The van der Waals surface area contributed by atoms with E-state index in [4.69, 9.17) is 20.1 Å². The van der Waals surface area contributed by atoms with Crippen molar-refractivity contribution in [2.45, 2.75) is 0 Å². The third-order valence-corrected chi connectivity index (χ3v) is 8.85. The Bertz CT molecular complexity index is 2510. The first-order valence-corrected chi connectivity index (χ1v) is 16.3. The summed E-state index contributed by atoms with van der Waals surface area (Å²) < 4.78 is 2.12. The Hall–Kier alpha value is -6.72. The molecule has 0 spiro atoms. The van der Waals surface area contributed by atoms with E-state index in [1.807, 2.05) is 72.8 Å². The lowest BCUT2D eigenvalue weighted by Gasteiger charge is -2.13. The molecule has 9 aromatic rings. The van der Waals surface area contributed by atoms with Crippen LogP contribution >= 0.6 is 0 Å². The summed E-state index contributed by atoms with van der Waals surface area (Å²) in [7, 11) is 0. The molecule has 0 aliphatic heterocycles. The van der Waals surface area contributed by atoms with Crippen LogP contribution < -0.4 is 0 Å². The van der Waals surface area contributed by atoms with Gasteiger partial charge in [0.15, 0.2) is 17.5 Å². The largest absolute Gasteiger partial charge is 0.231 e. The van der Waals surface area contributed by atoms with Crippen LogP contribution in [0.25, 0.3) is 84.1 Å². The summed E-state index contributed by atoms with van der Waals surface area (Å²) in [5, 5.41) is 7.54. The van der Waals surface area contributed by atoms with Crippen molar-refractivity contribution in [3.8, 4) is 67.8 Å². The summed E-state index contributed by atoms with van der Waals surface area (Å²) in [6, 6.07) is 60.4. The fourth-order valence-corrected chi connectivity index (χ4v) is 6.50. The molecular weight excluding hydrogens is 599 g/mol. The van der Waals surface area contributed by atoms with Gasteiger partial charge in [0.1, 0.15) is 5.69 Å². The minimum absolute atomic E-state index is 0.615. The van der Waals surface area contributed by atoms with Crippen molar-refractivity contribution in [1.29, 1.82) is 0 Å². The van der Waals surface area contributed by atoms with Gasteiger partial charge in [0.2, 0.25) is 0 Å². The predicted octanol–water partition coefficient (Wildman–Crippen LogP) is 10.7. The van der Waals surface area contributed by atoms with E-state index in [-0.39, 0.29) is 0 Å². The minimum atomic E-state index is 0.615. The first-order chi connectivity index (χ1) is 24.3. The number of aromatic nitrogens is 5. The highest BCUT2D eigenvalue weighted by Gasteiger charge is 2.22. The topological polar surface area (TPSA) is 56.0 Å². The van der Waals surface area contributed by atoms with E-state index in [0.717, 1.165) is 66.6 Å². The van der Waals surface area contributed by atoms with Gasteiger partial charge in [-0.1, -0.05) is 164 Å². The third-order valence-electron chi connectivity index (χ3n) is 8.85. The highest BCUT2D eigenvalue weighted by Crippen LogP contribution is 2.41. The van der Waals surface area contributed by atoms with Gasteiger partial charge >= 0.3 is 0 Å². The molecule has 49 heavy (non-hydrogen) atoms. The fourth-order valence-electron chi connectivity index (χ4n) is 6.50. The van der Waals surface area contributed by atoms with Crippen LogP contribution in [0.2, 0.25) is 0 Å². The Kier molecular flexibility index (Phi) is 7.06. The lowest BCUT2D eigenvalue weighted by atomic mass is 9.96. The Balaban J connectivity index is 1.36. The molecule has 6 aromatic carbocycles. The summed E-state index contributed by atoms with van der Waals surface area (Å²) in [6.45, 7) is 0. The van der Waals surface area contributed by atoms with Crippen LogP contribution in [-0.2, 0) is 0 Å². The Morgan fingerprint density at radius 3 is 1.35 bits per heavy atom. The van der Waals surface area contributed by atoms with E-state index in [9.17, 15) is 0 Å². The van der Waals surface area contributed by atoms with Crippen LogP contribution in [0.15, 0.2) is 176 Å². The van der Waals surface area contributed by atoms with E-state index in [2.05, 4.69) is 108 Å². The maximum absolute atomic E-state index is 5.37. The maximum Gasteiger partial charge on any atom is 0.164 e. The van der Waals surface area contributed by atoms with E-state index in [1.165, 1.54) is 0 Å². The van der Waals surface area contributed by atoms with Gasteiger partial charge in [0, 0.05) is 38.8 Å². The van der Waals surface area contributed by atoms with Crippen molar-refractivity contribution in [1.82, 2.24) is 24.6 Å². The molecule has 0 atom stereocenters. The number of nitrogens with zero attached hydrogens (tertiary/aromatic N) is 5. The van der Waals surface area contributed by atoms with E-state index in [0.29, 0.717) is 17.5 Å². The van der Waals surface area contributed by atoms with Gasteiger partial charge in [-0.3, -0.25) is 0 Å². The number of benzene rings is 6. The van der Waals surface area contributed by atoms with Crippen LogP contribution in [0.3, 0.4) is 0 Å². The zero-order chi connectivity index (χ0) is 32.6. The summed E-state index contributed by atoms with van der Waals surface area (Å²) in [4.78, 5) is 15.0. The molecule has 3 aromatic heterocycles. The van der Waals surface area contributed by atoms with E-state index >= 15 is 0 Å². The van der Waals surface area contributed by atoms with Crippen LogP contribution in [0.1, 0.15) is 0 Å². The second-order valence-electron chi connectivity index (χ2n) is 12.0. The summed E-state index contributed by atoms with van der Waals surface area (Å²) >= 11 is 0. The fraction of sp³-hybridized carbons (Fsp3) is 0. The molecule has 0 fully saturated rings. The molecule has 0 unspecified atom stereocenters.